The molecular formula is C29H31F2N. The van der Waals surface area contributed by atoms with Crippen molar-refractivity contribution in [2.75, 3.05) is 0 Å². The van der Waals surface area contributed by atoms with Gasteiger partial charge in [0.2, 0.25) is 0 Å². The lowest BCUT2D eigenvalue weighted by Gasteiger charge is -2.27. The number of fused-ring (bicyclic) bond motifs is 1. The van der Waals surface area contributed by atoms with Crippen LogP contribution in [0.4, 0.5) is 8.78 Å². The maximum absolute atomic E-state index is 15.1. The molecule has 0 aliphatic heterocycles. The summed E-state index contributed by atoms with van der Waals surface area (Å²) in [5.74, 6) is 1.07. The molecule has 0 atom stereocenters. The largest absolute Gasteiger partial charge is 0.206 e. The van der Waals surface area contributed by atoms with Crippen LogP contribution in [0.5, 0.6) is 0 Å². The topological polar surface area (TPSA) is 23.8 Å². The van der Waals surface area contributed by atoms with E-state index >= 15 is 4.39 Å². The maximum Gasteiger partial charge on any atom is 0.141 e. The van der Waals surface area contributed by atoms with Gasteiger partial charge in [-0.1, -0.05) is 75.4 Å². The third kappa shape index (κ3) is 5.18. The third-order valence-corrected chi connectivity index (χ3v) is 7.32. The first kappa shape index (κ1) is 22.5. The van der Waals surface area contributed by atoms with Gasteiger partial charge < -0.3 is 0 Å². The number of nitriles is 1. The summed E-state index contributed by atoms with van der Waals surface area (Å²) in [6, 6.07) is 16.4. The first-order valence-corrected chi connectivity index (χ1v) is 12.0. The minimum absolute atomic E-state index is 0.0371. The van der Waals surface area contributed by atoms with E-state index in [-0.39, 0.29) is 11.4 Å². The molecule has 1 aliphatic rings. The van der Waals surface area contributed by atoms with E-state index in [0.29, 0.717) is 23.8 Å². The van der Waals surface area contributed by atoms with E-state index < -0.39 is 5.82 Å². The molecule has 1 aliphatic carbocycles. The Balaban J connectivity index is 1.40. The van der Waals surface area contributed by atoms with E-state index in [1.807, 2.05) is 24.3 Å². The highest BCUT2D eigenvalue weighted by Gasteiger charge is 2.19. The molecule has 0 bridgehead atoms. The number of benzene rings is 3. The first-order valence-electron chi connectivity index (χ1n) is 12.0. The fraction of sp³-hybridized carbons (Fsp3) is 0.414. The second-order valence-corrected chi connectivity index (χ2v) is 9.35. The summed E-state index contributed by atoms with van der Waals surface area (Å²) < 4.78 is 29.0. The molecular weight excluding hydrogens is 400 g/mol. The molecule has 0 N–H and O–H groups in total. The summed E-state index contributed by atoms with van der Waals surface area (Å²) in [6.45, 7) is 2.30. The molecule has 1 saturated carbocycles. The number of rotatable bonds is 7. The molecule has 0 amide bonds. The molecule has 4 rings (SSSR count). The van der Waals surface area contributed by atoms with Gasteiger partial charge in [-0.15, -0.1) is 0 Å². The normalized spacial score (nSPS) is 18.6. The van der Waals surface area contributed by atoms with Gasteiger partial charge in [-0.3, -0.25) is 0 Å². The van der Waals surface area contributed by atoms with Crippen molar-refractivity contribution in [3.63, 3.8) is 0 Å². The highest BCUT2D eigenvalue weighted by atomic mass is 19.1. The lowest BCUT2D eigenvalue weighted by Crippen LogP contribution is -2.14. The lowest BCUT2D eigenvalue weighted by atomic mass is 9.78. The maximum atomic E-state index is 15.1. The van der Waals surface area contributed by atoms with E-state index in [1.165, 1.54) is 56.2 Å². The van der Waals surface area contributed by atoms with Gasteiger partial charge in [0.25, 0.3) is 0 Å². The molecule has 32 heavy (non-hydrogen) atoms. The van der Waals surface area contributed by atoms with Crippen LogP contribution in [0.3, 0.4) is 0 Å². The van der Waals surface area contributed by atoms with E-state index in [2.05, 4.69) is 19.1 Å². The summed E-state index contributed by atoms with van der Waals surface area (Å²) in [5.41, 5.74) is 2.73. The monoisotopic (exact) mass is 431 g/mol. The van der Waals surface area contributed by atoms with Crippen LogP contribution in [-0.2, 0) is 19.3 Å². The number of nitrogens with zero attached hydrogens (tertiary/aromatic N) is 1. The van der Waals surface area contributed by atoms with Gasteiger partial charge in [-0.25, -0.2) is 8.78 Å². The Bertz CT molecular complexity index is 1120. The quantitative estimate of drug-likeness (QED) is 0.373. The molecule has 3 heteroatoms. The summed E-state index contributed by atoms with van der Waals surface area (Å²) in [7, 11) is 0. The number of hydrogen-bond acceptors (Lipinski definition) is 1. The van der Waals surface area contributed by atoms with Gasteiger partial charge in [-0.2, -0.15) is 5.26 Å². The minimum Gasteiger partial charge on any atom is -0.206 e. The number of hydrogen-bond donors (Lipinski definition) is 0. The highest BCUT2D eigenvalue weighted by Crippen LogP contribution is 2.33. The van der Waals surface area contributed by atoms with Crippen molar-refractivity contribution in [3.8, 4) is 6.07 Å². The summed E-state index contributed by atoms with van der Waals surface area (Å²) in [4.78, 5) is 0. The average molecular weight is 432 g/mol. The van der Waals surface area contributed by atoms with Crippen LogP contribution in [0.1, 0.15) is 67.7 Å². The Morgan fingerprint density at radius 1 is 0.844 bits per heavy atom. The first-order chi connectivity index (χ1) is 15.6. The smallest absolute Gasteiger partial charge is 0.141 e. The van der Waals surface area contributed by atoms with Gasteiger partial charge >= 0.3 is 0 Å². The standard InChI is InChI=1S/C29H31F2N/c1-2-20-3-5-21(6-4-20)7-8-22-11-16-27-25(17-22)15-14-24(29(27)31)12-9-23-10-13-26(19-32)28(30)18-23/h10-11,13-18,20-21H,2-9,12H2,1H3. The van der Waals surface area contributed by atoms with Crippen molar-refractivity contribution in [1.29, 1.82) is 5.26 Å². The van der Waals surface area contributed by atoms with Crippen LogP contribution in [0, 0.1) is 34.8 Å². The molecule has 0 spiro atoms. The highest BCUT2D eigenvalue weighted by molar-refractivity contribution is 5.84. The van der Waals surface area contributed by atoms with Gasteiger partial charge in [0.1, 0.15) is 17.7 Å². The third-order valence-electron chi connectivity index (χ3n) is 7.32. The van der Waals surface area contributed by atoms with Crippen molar-refractivity contribution >= 4 is 10.8 Å². The van der Waals surface area contributed by atoms with Crippen molar-refractivity contribution < 1.29 is 8.78 Å². The van der Waals surface area contributed by atoms with Crippen molar-refractivity contribution in [2.45, 2.75) is 64.7 Å². The average Bonchev–Trinajstić information content (AvgIpc) is 2.82. The van der Waals surface area contributed by atoms with Crippen molar-refractivity contribution in [1.82, 2.24) is 0 Å². The van der Waals surface area contributed by atoms with E-state index in [1.54, 1.807) is 6.07 Å². The molecule has 0 saturated heterocycles. The van der Waals surface area contributed by atoms with E-state index in [4.69, 9.17) is 5.26 Å². The molecule has 0 unspecified atom stereocenters. The minimum atomic E-state index is -0.519. The second-order valence-electron chi connectivity index (χ2n) is 9.35. The Morgan fingerprint density at radius 2 is 1.56 bits per heavy atom. The molecule has 166 valence electrons. The predicted octanol–water partition coefficient (Wildman–Crippen LogP) is 7.92. The Morgan fingerprint density at radius 3 is 2.28 bits per heavy atom. The second kappa shape index (κ2) is 10.3. The van der Waals surface area contributed by atoms with Crippen molar-refractivity contribution in [2.24, 2.45) is 11.8 Å². The van der Waals surface area contributed by atoms with Gasteiger partial charge in [0.05, 0.1) is 5.56 Å². The molecule has 0 radical (unpaired) electrons. The predicted molar refractivity (Wildman–Crippen MR) is 126 cm³/mol. The van der Waals surface area contributed by atoms with Crippen LogP contribution in [0.15, 0.2) is 48.5 Å². The number of halogens is 2. The van der Waals surface area contributed by atoms with Crippen LogP contribution >= 0.6 is 0 Å². The van der Waals surface area contributed by atoms with Crippen LogP contribution in [0.2, 0.25) is 0 Å². The fourth-order valence-electron chi connectivity index (χ4n) is 5.12. The molecule has 0 aromatic heterocycles. The number of aryl methyl sites for hydroxylation is 3. The van der Waals surface area contributed by atoms with Crippen molar-refractivity contribution in [3.05, 3.63) is 82.4 Å². The fourth-order valence-corrected chi connectivity index (χ4v) is 5.12. The SMILES string of the molecule is CCC1CCC(CCc2ccc3c(F)c(CCc4ccc(C#N)c(F)c4)ccc3c2)CC1. The van der Waals surface area contributed by atoms with E-state index in [0.717, 1.165) is 29.2 Å². The molecule has 3 aromatic carbocycles. The zero-order chi connectivity index (χ0) is 22.5. The van der Waals surface area contributed by atoms with Crippen LogP contribution in [-0.4, -0.2) is 0 Å². The Labute approximate surface area is 190 Å². The zero-order valence-electron chi connectivity index (χ0n) is 18.8. The summed E-state index contributed by atoms with van der Waals surface area (Å²) in [6.07, 6.45) is 10.1. The summed E-state index contributed by atoms with van der Waals surface area (Å²) in [5, 5.41) is 10.5. The lowest BCUT2D eigenvalue weighted by molar-refractivity contribution is 0.259. The van der Waals surface area contributed by atoms with Crippen LogP contribution in [0.25, 0.3) is 10.8 Å². The molecule has 1 nitrogen and oxygen atoms in total. The van der Waals surface area contributed by atoms with Crippen LogP contribution < -0.4 is 0 Å². The van der Waals surface area contributed by atoms with E-state index in [9.17, 15) is 4.39 Å². The van der Waals surface area contributed by atoms with Gasteiger partial charge in [-0.05, 0) is 71.7 Å². The van der Waals surface area contributed by atoms with Gasteiger partial charge in [0, 0.05) is 5.39 Å². The molecule has 1 fully saturated rings. The molecule has 0 heterocycles. The van der Waals surface area contributed by atoms with Gasteiger partial charge in [0.15, 0.2) is 0 Å². The Hall–Kier alpha value is -2.73. The Kier molecular flexibility index (Phi) is 7.20. The summed E-state index contributed by atoms with van der Waals surface area (Å²) >= 11 is 0. The zero-order valence-corrected chi connectivity index (χ0v) is 18.8. The molecule has 3 aromatic rings.